The lowest BCUT2D eigenvalue weighted by Crippen LogP contribution is -2.60. The number of allylic oxidation sites excluding steroid dienone is 4. The van der Waals surface area contributed by atoms with E-state index < -0.39 is 0 Å². The Morgan fingerprint density at radius 2 is 1.61 bits per heavy atom. The fraction of sp³-hybridized carbons (Fsp3) is 0.862. The van der Waals surface area contributed by atoms with Gasteiger partial charge in [-0.25, -0.2) is 0 Å². The molecule has 1 N–H and O–H groups in total. The van der Waals surface area contributed by atoms with Crippen molar-refractivity contribution in [2.75, 3.05) is 21.1 Å². The lowest BCUT2D eigenvalue weighted by Gasteiger charge is -2.61. The van der Waals surface area contributed by atoms with Crippen LogP contribution in [0, 0.1) is 33.5 Å². The quantitative estimate of drug-likeness (QED) is 0.532. The third-order valence-corrected chi connectivity index (χ3v) is 12.4. The lowest BCUT2D eigenvalue weighted by molar-refractivity contribution is -0.101. The predicted molar refractivity (Wildman–Crippen MR) is 134 cm³/mol. The SMILES string of the molecule is CN[C@H]1CCC2=CC3=CC[C@@]4(C)[C@@](C)(CC[C@]4(C)C(C)(C)N(C)C)[C@@H]3CC[C@H]2C1(C)C. The number of hydrogen-bond donors (Lipinski definition) is 1. The van der Waals surface area contributed by atoms with Crippen LogP contribution < -0.4 is 5.32 Å². The molecule has 0 amide bonds. The maximum absolute atomic E-state index is 3.65. The minimum atomic E-state index is 0.185. The molecular weight excluding hydrogens is 376 g/mol. The highest BCUT2D eigenvalue weighted by Crippen LogP contribution is 2.74. The van der Waals surface area contributed by atoms with Crippen molar-refractivity contribution in [3.05, 3.63) is 23.3 Å². The molecule has 31 heavy (non-hydrogen) atoms. The van der Waals surface area contributed by atoms with Crippen molar-refractivity contribution in [2.24, 2.45) is 33.5 Å². The topological polar surface area (TPSA) is 15.3 Å². The third-order valence-electron chi connectivity index (χ3n) is 12.4. The van der Waals surface area contributed by atoms with E-state index in [1.807, 2.05) is 0 Å². The number of hydrogen-bond acceptors (Lipinski definition) is 2. The Labute approximate surface area is 193 Å². The largest absolute Gasteiger partial charge is 0.316 e. The summed E-state index contributed by atoms with van der Waals surface area (Å²) in [4.78, 5) is 2.49. The minimum Gasteiger partial charge on any atom is -0.316 e. The summed E-state index contributed by atoms with van der Waals surface area (Å²) >= 11 is 0. The van der Waals surface area contributed by atoms with Crippen molar-refractivity contribution in [3.63, 3.8) is 0 Å². The molecule has 2 saturated carbocycles. The average Bonchev–Trinajstić information content (AvgIpc) is 2.83. The van der Waals surface area contributed by atoms with Crippen LogP contribution in [0.3, 0.4) is 0 Å². The van der Waals surface area contributed by atoms with Gasteiger partial charge in [-0.05, 0) is 119 Å². The first kappa shape index (κ1) is 23.6. The van der Waals surface area contributed by atoms with E-state index in [9.17, 15) is 0 Å². The lowest BCUT2D eigenvalue weighted by atomic mass is 9.46. The molecule has 0 aromatic carbocycles. The maximum atomic E-state index is 3.65. The van der Waals surface area contributed by atoms with Crippen molar-refractivity contribution in [1.29, 1.82) is 0 Å². The van der Waals surface area contributed by atoms with E-state index in [1.54, 1.807) is 11.1 Å². The Balaban J connectivity index is 1.74. The van der Waals surface area contributed by atoms with Gasteiger partial charge in [0.05, 0.1) is 0 Å². The molecule has 2 heteroatoms. The van der Waals surface area contributed by atoms with Gasteiger partial charge in [-0.15, -0.1) is 0 Å². The Morgan fingerprint density at radius 1 is 0.968 bits per heavy atom. The van der Waals surface area contributed by atoms with Crippen molar-refractivity contribution < 1.29 is 0 Å². The van der Waals surface area contributed by atoms with Crippen LogP contribution in [-0.2, 0) is 0 Å². The van der Waals surface area contributed by atoms with Crippen LogP contribution in [0.25, 0.3) is 0 Å². The second-order valence-electron chi connectivity index (χ2n) is 13.5. The van der Waals surface area contributed by atoms with Gasteiger partial charge in [0, 0.05) is 11.6 Å². The minimum absolute atomic E-state index is 0.185. The highest BCUT2D eigenvalue weighted by atomic mass is 15.2. The Hall–Kier alpha value is -0.600. The van der Waals surface area contributed by atoms with Gasteiger partial charge in [-0.1, -0.05) is 52.3 Å². The summed E-state index contributed by atoms with van der Waals surface area (Å²) in [6.07, 6.45) is 14.6. The second-order valence-corrected chi connectivity index (χ2v) is 13.5. The average molecular weight is 427 g/mol. The zero-order valence-corrected chi connectivity index (χ0v) is 22.3. The molecule has 0 aromatic rings. The molecule has 0 aliphatic heterocycles. The maximum Gasteiger partial charge on any atom is 0.0206 e. The second kappa shape index (κ2) is 7.20. The van der Waals surface area contributed by atoms with Gasteiger partial charge in [-0.2, -0.15) is 0 Å². The fourth-order valence-electron chi connectivity index (χ4n) is 9.03. The molecule has 0 saturated heterocycles. The zero-order valence-electron chi connectivity index (χ0n) is 22.3. The van der Waals surface area contributed by atoms with Crippen LogP contribution in [0.4, 0.5) is 0 Å². The van der Waals surface area contributed by atoms with Crippen molar-refractivity contribution >= 4 is 0 Å². The highest BCUT2D eigenvalue weighted by molar-refractivity contribution is 5.38. The van der Waals surface area contributed by atoms with Crippen molar-refractivity contribution in [3.8, 4) is 0 Å². The van der Waals surface area contributed by atoms with Crippen LogP contribution in [0.15, 0.2) is 23.3 Å². The third kappa shape index (κ3) is 2.89. The molecule has 0 spiro atoms. The molecule has 4 aliphatic rings. The van der Waals surface area contributed by atoms with Gasteiger partial charge in [0.25, 0.3) is 0 Å². The molecule has 0 bridgehead atoms. The summed E-state index contributed by atoms with van der Waals surface area (Å²) in [7, 11) is 6.74. The molecule has 0 unspecified atom stereocenters. The summed E-state index contributed by atoms with van der Waals surface area (Å²) in [6.45, 7) is 18.0. The first-order valence-electron chi connectivity index (χ1n) is 13.0. The van der Waals surface area contributed by atoms with E-state index in [0.717, 1.165) is 5.92 Å². The summed E-state index contributed by atoms with van der Waals surface area (Å²) in [6, 6.07) is 0.639. The standard InChI is InChI=1S/C29H50N2/c1-25(2)22-12-13-23-21(19-20(22)11-14-24(25)30-8)15-16-29(7)27(23,5)17-18-28(29,6)26(3,4)31(9)10/h15,19,22-24,30H,11-14,16-18H2,1-10H3/t22-,23-,24+,27+,28-,29+/m1/s1. The van der Waals surface area contributed by atoms with E-state index >= 15 is 0 Å². The van der Waals surface area contributed by atoms with Gasteiger partial charge in [0.1, 0.15) is 0 Å². The van der Waals surface area contributed by atoms with Crippen LogP contribution in [-0.4, -0.2) is 37.6 Å². The van der Waals surface area contributed by atoms with Crippen molar-refractivity contribution in [2.45, 2.75) is 105 Å². The first-order valence-corrected chi connectivity index (χ1v) is 13.0. The molecule has 6 atom stereocenters. The number of nitrogens with zero attached hydrogens (tertiary/aromatic N) is 1. The molecule has 4 aliphatic carbocycles. The van der Waals surface area contributed by atoms with Crippen molar-refractivity contribution in [1.82, 2.24) is 10.2 Å². The molecule has 176 valence electrons. The number of fused-ring (bicyclic) bond motifs is 4. The van der Waals surface area contributed by atoms with Crippen LogP contribution in [0.5, 0.6) is 0 Å². The number of rotatable bonds is 3. The van der Waals surface area contributed by atoms with Gasteiger partial charge >= 0.3 is 0 Å². The monoisotopic (exact) mass is 426 g/mol. The molecule has 2 fully saturated rings. The Morgan fingerprint density at radius 3 is 2.23 bits per heavy atom. The van der Waals surface area contributed by atoms with Crippen LogP contribution >= 0.6 is 0 Å². The number of nitrogens with one attached hydrogen (secondary N) is 1. The van der Waals surface area contributed by atoms with Gasteiger partial charge in [0.2, 0.25) is 0 Å². The van der Waals surface area contributed by atoms with Crippen LogP contribution in [0.1, 0.15) is 93.4 Å². The van der Waals surface area contributed by atoms with Crippen LogP contribution in [0.2, 0.25) is 0 Å². The van der Waals surface area contributed by atoms with Gasteiger partial charge < -0.3 is 10.2 Å². The van der Waals surface area contributed by atoms with E-state index in [4.69, 9.17) is 0 Å². The predicted octanol–water partition coefficient (Wildman–Crippen LogP) is 6.83. The van der Waals surface area contributed by atoms with E-state index in [-0.39, 0.29) is 5.54 Å². The normalized spacial score (nSPS) is 44.7. The molecular formula is C29H50N2. The molecule has 4 rings (SSSR count). The zero-order chi connectivity index (χ0) is 23.0. The Kier molecular flexibility index (Phi) is 5.47. The van der Waals surface area contributed by atoms with E-state index in [2.05, 4.69) is 92.0 Å². The van der Waals surface area contributed by atoms with Gasteiger partial charge in [0.15, 0.2) is 0 Å². The summed E-state index contributed by atoms with van der Waals surface area (Å²) in [5.41, 5.74) is 5.01. The fourth-order valence-corrected chi connectivity index (χ4v) is 9.03. The highest BCUT2D eigenvalue weighted by Gasteiger charge is 2.68. The van der Waals surface area contributed by atoms with E-state index in [1.165, 1.54) is 44.9 Å². The molecule has 0 aromatic heterocycles. The van der Waals surface area contributed by atoms with Gasteiger partial charge in [-0.3, -0.25) is 0 Å². The smallest absolute Gasteiger partial charge is 0.0206 e. The first-order chi connectivity index (χ1) is 14.3. The molecule has 0 heterocycles. The van der Waals surface area contributed by atoms with E-state index in [0.29, 0.717) is 33.6 Å². The summed E-state index contributed by atoms with van der Waals surface area (Å²) < 4.78 is 0. The summed E-state index contributed by atoms with van der Waals surface area (Å²) in [5, 5.41) is 3.65. The summed E-state index contributed by atoms with van der Waals surface area (Å²) in [5.74, 6) is 1.44. The molecule has 2 nitrogen and oxygen atoms in total. The molecule has 0 radical (unpaired) electrons. The Bertz CT molecular complexity index is 787.